The Labute approximate surface area is 207 Å². The predicted octanol–water partition coefficient (Wildman–Crippen LogP) is 7.63. The Morgan fingerprint density at radius 1 is 1.03 bits per heavy atom. The maximum absolute atomic E-state index is 12.7. The van der Waals surface area contributed by atoms with Crippen LogP contribution in [0.5, 0.6) is 5.75 Å². The molecule has 4 nitrogen and oxygen atoms in total. The van der Waals surface area contributed by atoms with Crippen molar-refractivity contribution in [1.29, 1.82) is 0 Å². The largest absolute Gasteiger partial charge is 0.573 e. The molecule has 0 aliphatic heterocycles. The van der Waals surface area contributed by atoms with Gasteiger partial charge in [-0.3, -0.25) is 4.79 Å². The van der Waals surface area contributed by atoms with Gasteiger partial charge in [0.25, 0.3) is 0 Å². The standard InChI is InChI=1S/C27H31F3N2O2S/c1-25-14-12-21-23(35-24(32-21)31-15-3-5-16(6-4-15)34-27(28,29)30)20(25)8-7-17-18-9-10-22(33)26(18,2)13-11-19(17)25/h3-6,17-20H,7-14H2,1-2H3,(H,31,32)/t17-,18-,19-,20?,25+,26-/m0/s1. The average Bonchev–Trinajstić information content (AvgIpc) is 3.34. The second-order valence-electron chi connectivity index (χ2n) is 11.5. The number of hydrogen-bond donors (Lipinski definition) is 1. The van der Waals surface area contributed by atoms with Gasteiger partial charge in [-0.15, -0.1) is 24.5 Å². The Morgan fingerprint density at radius 2 is 1.80 bits per heavy atom. The molecule has 0 bridgehead atoms. The van der Waals surface area contributed by atoms with E-state index in [2.05, 4.69) is 23.9 Å². The number of aromatic nitrogens is 1. The summed E-state index contributed by atoms with van der Waals surface area (Å²) in [6.07, 6.45) is 3.78. The molecule has 3 fully saturated rings. The van der Waals surface area contributed by atoms with Crippen LogP contribution < -0.4 is 10.1 Å². The van der Waals surface area contributed by atoms with Crippen molar-refractivity contribution in [3.8, 4) is 5.75 Å². The van der Waals surface area contributed by atoms with E-state index >= 15 is 0 Å². The van der Waals surface area contributed by atoms with Crippen LogP contribution in [0.25, 0.3) is 0 Å². The number of alkyl halides is 3. The Kier molecular flexibility index (Phi) is 5.30. The number of hydrogen-bond acceptors (Lipinski definition) is 5. The van der Waals surface area contributed by atoms with E-state index in [4.69, 9.17) is 4.98 Å². The first kappa shape index (κ1) is 23.3. The number of nitrogens with one attached hydrogen (secondary N) is 1. The van der Waals surface area contributed by atoms with E-state index in [1.54, 1.807) is 23.5 Å². The lowest BCUT2D eigenvalue weighted by Gasteiger charge is -2.59. The minimum absolute atomic E-state index is 0.0908. The summed E-state index contributed by atoms with van der Waals surface area (Å²) in [7, 11) is 0. The fourth-order valence-corrected chi connectivity index (χ4v) is 9.46. The number of aryl methyl sites for hydroxylation is 1. The highest BCUT2D eigenvalue weighted by atomic mass is 32.1. The molecule has 0 radical (unpaired) electrons. The van der Waals surface area contributed by atoms with Crippen LogP contribution in [0.1, 0.15) is 75.3 Å². The molecule has 1 N–H and O–H groups in total. The SMILES string of the molecule is C[C@]12CCc3nc(Nc4ccc(OC(F)(F)F)cc4)sc3C1CC[C@@H]1[C@@H]2CC[C@]2(C)C(=O)CC[C@@H]12. The van der Waals surface area contributed by atoms with Gasteiger partial charge in [-0.25, -0.2) is 4.98 Å². The first-order chi connectivity index (χ1) is 16.6. The minimum Gasteiger partial charge on any atom is -0.406 e. The third kappa shape index (κ3) is 3.78. The number of Topliss-reactive ketones (excluding diaryl/α,β-unsaturated/α-hetero) is 1. The summed E-state index contributed by atoms with van der Waals surface area (Å²) in [6, 6.07) is 5.79. The first-order valence-electron chi connectivity index (χ1n) is 12.7. The molecule has 4 aliphatic carbocycles. The molecule has 188 valence electrons. The van der Waals surface area contributed by atoms with Gasteiger partial charge >= 0.3 is 6.36 Å². The third-order valence-electron chi connectivity index (χ3n) is 9.86. The molecule has 1 aromatic carbocycles. The summed E-state index contributed by atoms with van der Waals surface area (Å²) >= 11 is 1.70. The fourth-order valence-electron chi connectivity index (χ4n) is 8.14. The van der Waals surface area contributed by atoms with E-state index in [-0.39, 0.29) is 16.6 Å². The molecule has 35 heavy (non-hydrogen) atoms. The lowest BCUT2D eigenvalue weighted by Crippen LogP contribution is -2.52. The molecule has 6 rings (SSSR count). The zero-order chi connectivity index (χ0) is 24.6. The molecule has 0 spiro atoms. The number of carbonyl (C=O) groups excluding carboxylic acids is 1. The second kappa shape index (κ2) is 7.95. The Balaban J connectivity index is 1.21. The highest BCUT2D eigenvalue weighted by Gasteiger charge is 2.60. The molecule has 0 saturated heterocycles. The third-order valence-corrected chi connectivity index (χ3v) is 11.0. The Hall–Kier alpha value is -2.09. The highest BCUT2D eigenvalue weighted by Crippen LogP contribution is 2.67. The lowest BCUT2D eigenvalue weighted by atomic mass is 9.46. The molecule has 3 saturated carbocycles. The van der Waals surface area contributed by atoms with Gasteiger partial charge in [-0.2, -0.15) is 0 Å². The van der Waals surface area contributed by atoms with Crippen LogP contribution in [0.2, 0.25) is 0 Å². The van der Waals surface area contributed by atoms with E-state index in [1.807, 2.05) is 0 Å². The molecule has 1 unspecified atom stereocenters. The van der Waals surface area contributed by atoms with Gasteiger partial charge in [0.1, 0.15) is 11.5 Å². The van der Waals surface area contributed by atoms with Crippen molar-refractivity contribution in [1.82, 2.24) is 4.98 Å². The van der Waals surface area contributed by atoms with Crippen LogP contribution in [0.3, 0.4) is 0 Å². The zero-order valence-electron chi connectivity index (χ0n) is 20.1. The van der Waals surface area contributed by atoms with Gasteiger partial charge in [0.15, 0.2) is 5.13 Å². The topological polar surface area (TPSA) is 51.2 Å². The number of thiazole rings is 1. The van der Waals surface area contributed by atoms with Crippen molar-refractivity contribution in [3.63, 3.8) is 0 Å². The normalized spacial score (nSPS) is 36.1. The molecular formula is C27H31F3N2O2S. The van der Waals surface area contributed by atoms with Gasteiger partial charge in [0, 0.05) is 28.3 Å². The maximum atomic E-state index is 12.7. The fraction of sp³-hybridized carbons (Fsp3) is 0.630. The summed E-state index contributed by atoms with van der Waals surface area (Å²) in [4.78, 5) is 19.0. The molecular weight excluding hydrogens is 473 g/mol. The van der Waals surface area contributed by atoms with E-state index in [0.29, 0.717) is 35.1 Å². The molecule has 1 aromatic heterocycles. The average molecular weight is 505 g/mol. The van der Waals surface area contributed by atoms with Crippen molar-refractivity contribution in [3.05, 3.63) is 34.8 Å². The van der Waals surface area contributed by atoms with Gasteiger partial charge in [0.05, 0.1) is 5.69 Å². The lowest BCUT2D eigenvalue weighted by molar-refractivity contribution is -0.274. The van der Waals surface area contributed by atoms with E-state index < -0.39 is 6.36 Å². The number of fused-ring (bicyclic) bond motifs is 7. The van der Waals surface area contributed by atoms with Crippen LogP contribution in [-0.2, 0) is 11.2 Å². The van der Waals surface area contributed by atoms with Crippen LogP contribution in [-0.4, -0.2) is 17.1 Å². The van der Waals surface area contributed by atoms with Crippen molar-refractivity contribution in [2.45, 2.75) is 77.5 Å². The number of ether oxygens (including phenoxy) is 1. The van der Waals surface area contributed by atoms with E-state index in [9.17, 15) is 18.0 Å². The molecule has 8 heteroatoms. The zero-order valence-corrected chi connectivity index (χ0v) is 20.9. The first-order valence-corrected chi connectivity index (χ1v) is 13.5. The number of ketones is 1. The summed E-state index contributed by atoms with van der Waals surface area (Å²) < 4.78 is 41.3. The smallest absolute Gasteiger partial charge is 0.406 e. The van der Waals surface area contributed by atoms with E-state index in [1.165, 1.54) is 29.1 Å². The van der Waals surface area contributed by atoms with Gasteiger partial charge in [0.2, 0.25) is 0 Å². The number of halogens is 3. The molecule has 1 heterocycles. The maximum Gasteiger partial charge on any atom is 0.573 e. The van der Waals surface area contributed by atoms with Crippen LogP contribution >= 0.6 is 11.3 Å². The second-order valence-corrected chi connectivity index (χ2v) is 12.5. The van der Waals surface area contributed by atoms with Gasteiger partial charge in [-0.1, -0.05) is 13.8 Å². The Bertz CT molecular complexity index is 1150. The monoisotopic (exact) mass is 504 g/mol. The number of carbonyl (C=O) groups is 1. The summed E-state index contributed by atoms with van der Waals surface area (Å²) in [5, 5.41) is 4.08. The highest BCUT2D eigenvalue weighted by molar-refractivity contribution is 7.15. The number of benzene rings is 1. The van der Waals surface area contributed by atoms with Crippen LogP contribution in [0.4, 0.5) is 24.0 Å². The number of nitrogens with zero attached hydrogens (tertiary/aromatic N) is 1. The molecule has 0 amide bonds. The molecule has 2 aromatic rings. The quantitative estimate of drug-likeness (QED) is 0.467. The van der Waals surface area contributed by atoms with Gasteiger partial charge in [-0.05, 0) is 92.4 Å². The Morgan fingerprint density at radius 3 is 2.54 bits per heavy atom. The van der Waals surface area contributed by atoms with Crippen molar-refractivity contribution in [2.24, 2.45) is 28.6 Å². The van der Waals surface area contributed by atoms with Crippen LogP contribution in [0, 0.1) is 28.6 Å². The van der Waals surface area contributed by atoms with E-state index in [0.717, 1.165) is 50.1 Å². The van der Waals surface area contributed by atoms with Crippen LogP contribution in [0.15, 0.2) is 24.3 Å². The van der Waals surface area contributed by atoms with Crippen molar-refractivity contribution < 1.29 is 22.7 Å². The predicted molar refractivity (Wildman–Crippen MR) is 129 cm³/mol. The number of rotatable bonds is 3. The van der Waals surface area contributed by atoms with Crippen molar-refractivity contribution >= 4 is 27.9 Å². The minimum atomic E-state index is -4.70. The van der Waals surface area contributed by atoms with Crippen molar-refractivity contribution in [2.75, 3.05) is 5.32 Å². The summed E-state index contributed by atoms with van der Waals surface area (Å²) in [6.45, 7) is 4.72. The molecule has 4 aliphatic rings. The molecule has 6 atom stereocenters. The number of anilines is 2. The summed E-state index contributed by atoms with van der Waals surface area (Å²) in [5.41, 5.74) is 2.01. The van der Waals surface area contributed by atoms with Gasteiger partial charge < -0.3 is 10.1 Å². The summed E-state index contributed by atoms with van der Waals surface area (Å²) in [5.74, 6) is 2.63.